The van der Waals surface area contributed by atoms with Gasteiger partial charge in [0.25, 0.3) is 0 Å². The highest BCUT2D eigenvalue weighted by Gasteiger charge is 1.97. The van der Waals surface area contributed by atoms with Gasteiger partial charge in [0, 0.05) is 0 Å². The van der Waals surface area contributed by atoms with Gasteiger partial charge in [0.15, 0.2) is 0 Å². The van der Waals surface area contributed by atoms with Crippen molar-refractivity contribution in [3.8, 4) is 0 Å². The molecule has 0 bridgehead atoms. The van der Waals surface area contributed by atoms with Crippen LogP contribution in [-0.2, 0) is 0 Å². The van der Waals surface area contributed by atoms with E-state index in [1.807, 2.05) is 0 Å². The fourth-order valence-corrected chi connectivity index (χ4v) is 0.0552. The Morgan fingerprint density at radius 1 is 2.00 bits per heavy atom. The molecule has 0 atom stereocenters. The number of hydrogen-bond acceptors (Lipinski definition) is 3. The van der Waals surface area contributed by atoms with Crippen molar-refractivity contribution in [1.82, 2.24) is 5.01 Å². The zero-order valence-electron chi connectivity index (χ0n) is 3.46. The van der Waals surface area contributed by atoms with E-state index in [4.69, 9.17) is 10.5 Å². The Bertz CT molecular complexity index is 90.9. The smallest absolute Gasteiger partial charge is 0.427 e. The van der Waals surface area contributed by atoms with Crippen molar-refractivity contribution in [3.05, 3.63) is 0 Å². The highest BCUT2D eigenvalue weighted by atomic mass is 16.4. The van der Waals surface area contributed by atoms with E-state index in [-0.39, 0.29) is 5.01 Å². The maximum atomic E-state index is 9.58. The second-order valence-corrected chi connectivity index (χ2v) is 0.819. The van der Waals surface area contributed by atoms with Gasteiger partial charge >= 0.3 is 6.09 Å². The Hall–Kier alpha value is -1.10. The molecule has 0 aliphatic carbocycles. The number of nitrogens with zero attached hydrogens (tertiary/aromatic N) is 1. The molecule has 0 fully saturated rings. The molecule has 0 saturated heterocycles. The Kier molecular flexibility index (Phi) is 1.80. The van der Waals surface area contributed by atoms with Gasteiger partial charge < -0.3 is 5.11 Å². The standard InChI is InChI=1S/C2H5N3O2/c3-1-5(4)2(6)7/h1,3H,4H2,(H,6,7). The van der Waals surface area contributed by atoms with E-state index in [0.29, 0.717) is 6.34 Å². The molecule has 40 valence electrons. The number of rotatable bonds is 1. The van der Waals surface area contributed by atoms with Gasteiger partial charge in [-0.05, 0) is 0 Å². The average Bonchev–Trinajstić information content (AvgIpc) is 1.65. The molecule has 5 nitrogen and oxygen atoms in total. The molecule has 5 heteroatoms. The summed E-state index contributed by atoms with van der Waals surface area (Å²) in [5, 5.41) is 14.3. The third-order valence-electron chi connectivity index (χ3n) is 0.360. The van der Waals surface area contributed by atoms with Crippen LogP contribution in [0.4, 0.5) is 4.79 Å². The molecule has 0 unspecified atom stereocenters. The van der Waals surface area contributed by atoms with Crippen molar-refractivity contribution in [2.24, 2.45) is 5.84 Å². The van der Waals surface area contributed by atoms with Crippen molar-refractivity contribution in [1.29, 1.82) is 5.41 Å². The molecule has 7 heavy (non-hydrogen) atoms. The van der Waals surface area contributed by atoms with Crippen molar-refractivity contribution in [2.45, 2.75) is 0 Å². The fourth-order valence-electron chi connectivity index (χ4n) is 0.0552. The lowest BCUT2D eigenvalue weighted by molar-refractivity contribution is 0.171. The lowest BCUT2D eigenvalue weighted by Gasteiger charge is -1.99. The molecule has 0 aromatic heterocycles. The molecule has 0 saturated carbocycles. The topological polar surface area (TPSA) is 90.4 Å². The third kappa shape index (κ3) is 1.72. The quantitative estimate of drug-likeness (QED) is 0.137. The number of nitrogens with two attached hydrogens (primary N) is 1. The van der Waals surface area contributed by atoms with Crippen LogP contribution in [-0.4, -0.2) is 22.5 Å². The van der Waals surface area contributed by atoms with Gasteiger partial charge in [0.05, 0.1) is 0 Å². The van der Waals surface area contributed by atoms with E-state index >= 15 is 0 Å². The molecule has 4 N–H and O–H groups in total. The summed E-state index contributed by atoms with van der Waals surface area (Å²) in [5.41, 5.74) is 0. The number of carbonyl (C=O) groups is 1. The van der Waals surface area contributed by atoms with Gasteiger partial charge in [-0.1, -0.05) is 0 Å². The van der Waals surface area contributed by atoms with E-state index in [9.17, 15) is 4.79 Å². The lowest BCUT2D eigenvalue weighted by atomic mass is 11.0. The normalized spacial score (nSPS) is 7.57. The SMILES string of the molecule is N=CN(N)C(=O)O. The van der Waals surface area contributed by atoms with Crippen LogP contribution in [0.5, 0.6) is 0 Å². The Balaban J connectivity index is 3.55. The number of nitrogens with one attached hydrogen (secondary N) is 1. The Labute approximate surface area is 39.8 Å². The van der Waals surface area contributed by atoms with Gasteiger partial charge in [-0.3, -0.25) is 5.41 Å². The number of hydrogen-bond donors (Lipinski definition) is 3. The molecular formula is C2H5N3O2. The van der Waals surface area contributed by atoms with E-state index in [2.05, 4.69) is 5.84 Å². The summed E-state index contributed by atoms with van der Waals surface area (Å²) in [4.78, 5) is 9.58. The minimum atomic E-state index is -1.34. The second kappa shape index (κ2) is 2.14. The minimum absolute atomic E-state index is 0.250. The van der Waals surface area contributed by atoms with Crippen LogP contribution in [0.2, 0.25) is 0 Å². The minimum Gasteiger partial charge on any atom is -0.464 e. The lowest BCUT2D eigenvalue weighted by Crippen LogP contribution is -2.34. The van der Waals surface area contributed by atoms with Crippen LogP contribution >= 0.6 is 0 Å². The fraction of sp³-hybridized carbons (Fsp3) is 0. The number of hydrazine groups is 1. The third-order valence-corrected chi connectivity index (χ3v) is 0.360. The first-order chi connectivity index (χ1) is 3.18. The van der Waals surface area contributed by atoms with E-state index in [1.165, 1.54) is 0 Å². The van der Waals surface area contributed by atoms with Crippen LogP contribution in [0.3, 0.4) is 0 Å². The first-order valence-corrected chi connectivity index (χ1v) is 1.46. The first kappa shape index (κ1) is 5.90. The maximum absolute atomic E-state index is 9.58. The zero-order valence-corrected chi connectivity index (χ0v) is 3.46. The molecular weight excluding hydrogens is 98.0 g/mol. The predicted octanol–water partition coefficient (Wildman–Crippen LogP) is -0.553. The van der Waals surface area contributed by atoms with Gasteiger partial charge in [-0.25, -0.2) is 15.6 Å². The first-order valence-electron chi connectivity index (χ1n) is 1.46. The molecule has 0 rings (SSSR count). The van der Waals surface area contributed by atoms with Crippen LogP contribution in [0.25, 0.3) is 0 Å². The van der Waals surface area contributed by atoms with Gasteiger partial charge in [-0.15, -0.1) is 0 Å². The van der Waals surface area contributed by atoms with Crippen LogP contribution < -0.4 is 5.84 Å². The molecule has 0 radical (unpaired) electrons. The molecule has 0 heterocycles. The van der Waals surface area contributed by atoms with Gasteiger partial charge in [0.1, 0.15) is 6.34 Å². The summed E-state index contributed by atoms with van der Waals surface area (Å²) in [6.07, 6.45) is -0.836. The summed E-state index contributed by atoms with van der Waals surface area (Å²) >= 11 is 0. The van der Waals surface area contributed by atoms with Gasteiger partial charge in [0.2, 0.25) is 0 Å². The number of carboxylic acid groups (broad SMARTS) is 1. The summed E-state index contributed by atoms with van der Waals surface area (Å²) in [7, 11) is 0. The molecule has 0 aliphatic heterocycles. The number of amides is 1. The monoisotopic (exact) mass is 103 g/mol. The molecule has 0 spiro atoms. The average molecular weight is 103 g/mol. The van der Waals surface area contributed by atoms with Crippen LogP contribution in [0.1, 0.15) is 0 Å². The van der Waals surface area contributed by atoms with Crippen molar-refractivity contribution in [2.75, 3.05) is 0 Å². The largest absolute Gasteiger partial charge is 0.464 e. The van der Waals surface area contributed by atoms with Crippen LogP contribution in [0, 0.1) is 5.41 Å². The molecule has 0 aromatic rings. The van der Waals surface area contributed by atoms with Crippen molar-refractivity contribution < 1.29 is 9.90 Å². The summed E-state index contributed by atoms with van der Waals surface area (Å²) in [5.74, 6) is 4.61. The summed E-state index contributed by atoms with van der Waals surface area (Å²) in [6, 6.07) is 0. The molecule has 0 aromatic carbocycles. The van der Waals surface area contributed by atoms with Crippen molar-refractivity contribution in [3.63, 3.8) is 0 Å². The van der Waals surface area contributed by atoms with Gasteiger partial charge in [-0.2, -0.15) is 0 Å². The second-order valence-electron chi connectivity index (χ2n) is 0.819. The Morgan fingerprint density at radius 3 is 2.43 bits per heavy atom. The van der Waals surface area contributed by atoms with E-state index < -0.39 is 6.09 Å². The summed E-state index contributed by atoms with van der Waals surface area (Å²) < 4.78 is 0. The maximum Gasteiger partial charge on any atom is 0.427 e. The highest BCUT2D eigenvalue weighted by Crippen LogP contribution is 1.67. The van der Waals surface area contributed by atoms with E-state index in [0.717, 1.165) is 0 Å². The zero-order chi connectivity index (χ0) is 5.86. The highest BCUT2D eigenvalue weighted by molar-refractivity contribution is 5.78. The molecule has 1 amide bonds. The van der Waals surface area contributed by atoms with Crippen LogP contribution in [0.15, 0.2) is 0 Å². The van der Waals surface area contributed by atoms with E-state index in [1.54, 1.807) is 0 Å². The summed E-state index contributed by atoms with van der Waals surface area (Å²) in [6.45, 7) is 0. The Morgan fingerprint density at radius 2 is 2.43 bits per heavy atom. The predicted molar refractivity (Wildman–Crippen MR) is 22.8 cm³/mol. The van der Waals surface area contributed by atoms with Crippen molar-refractivity contribution >= 4 is 12.4 Å². The molecule has 0 aliphatic rings.